The maximum atomic E-state index is 12.7. The van der Waals surface area contributed by atoms with Crippen LogP contribution in [0.1, 0.15) is 43.7 Å². The minimum atomic E-state index is -0.449. The zero-order chi connectivity index (χ0) is 25.6. The van der Waals surface area contributed by atoms with Gasteiger partial charge in [0, 0.05) is 38.6 Å². The zero-order valence-corrected chi connectivity index (χ0v) is 21.2. The van der Waals surface area contributed by atoms with Crippen molar-refractivity contribution < 1.29 is 23.8 Å². The molecule has 1 saturated heterocycles. The van der Waals surface area contributed by atoms with Crippen LogP contribution in [0, 0.1) is 0 Å². The third-order valence-electron chi connectivity index (χ3n) is 7.66. The van der Waals surface area contributed by atoms with Crippen molar-refractivity contribution in [3.63, 3.8) is 0 Å². The van der Waals surface area contributed by atoms with Crippen molar-refractivity contribution in [1.29, 1.82) is 0 Å². The Morgan fingerprint density at radius 2 is 1.97 bits per heavy atom. The summed E-state index contributed by atoms with van der Waals surface area (Å²) in [5.41, 5.74) is 1.19. The number of rotatable bonds is 8. The molecule has 0 bridgehead atoms. The number of hydrogen-bond donors (Lipinski definition) is 1. The first kappa shape index (κ1) is 25.9. The molecule has 2 fully saturated rings. The average molecular weight is 493 g/mol. The lowest BCUT2D eigenvalue weighted by Gasteiger charge is -2.59. The first-order valence-corrected chi connectivity index (χ1v) is 12.5. The van der Waals surface area contributed by atoms with Gasteiger partial charge in [0.15, 0.2) is 0 Å². The first-order valence-electron chi connectivity index (χ1n) is 12.5. The van der Waals surface area contributed by atoms with Gasteiger partial charge in [0.2, 0.25) is 0 Å². The number of piperidine rings is 1. The van der Waals surface area contributed by atoms with Crippen LogP contribution in [-0.2, 0) is 26.3 Å². The van der Waals surface area contributed by atoms with Gasteiger partial charge in [-0.3, -0.25) is 9.69 Å². The third kappa shape index (κ3) is 5.47. The van der Waals surface area contributed by atoms with E-state index in [1.165, 1.54) is 6.92 Å². The number of ether oxygens (including phenoxy) is 3. The summed E-state index contributed by atoms with van der Waals surface area (Å²) in [6.07, 6.45) is 4.61. The molecule has 36 heavy (non-hydrogen) atoms. The predicted octanol–water partition coefficient (Wildman–Crippen LogP) is 4.61. The van der Waals surface area contributed by atoms with Gasteiger partial charge in [-0.1, -0.05) is 48.5 Å². The second-order valence-corrected chi connectivity index (χ2v) is 9.82. The molecule has 1 amide bonds. The van der Waals surface area contributed by atoms with E-state index < -0.39 is 11.7 Å². The molecule has 7 heteroatoms. The number of nitrogens with zero attached hydrogens (tertiary/aromatic N) is 1. The van der Waals surface area contributed by atoms with Gasteiger partial charge < -0.3 is 19.5 Å². The number of esters is 1. The van der Waals surface area contributed by atoms with Crippen molar-refractivity contribution in [2.24, 2.45) is 0 Å². The van der Waals surface area contributed by atoms with Crippen LogP contribution in [0.2, 0.25) is 0 Å². The number of fused-ring (bicyclic) bond motifs is 1. The number of carbonyl (C=O) groups excluding carboxylic acids is 2. The Morgan fingerprint density at radius 1 is 1.17 bits per heavy atom. The fourth-order valence-electron chi connectivity index (χ4n) is 6.01. The highest BCUT2D eigenvalue weighted by molar-refractivity contribution is 5.69. The van der Waals surface area contributed by atoms with E-state index in [1.54, 1.807) is 13.2 Å². The highest BCUT2D eigenvalue weighted by Gasteiger charge is 2.59. The predicted molar refractivity (Wildman–Crippen MR) is 138 cm³/mol. The van der Waals surface area contributed by atoms with Gasteiger partial charge in [-0.2, -0.15) is 0 Å². The normalized spacial score (nSPS) is 25.9. The fraction of sp³-hybridized carbons (Fsp3) is 0.448. The highest BCUT2D eigenvalue weighted by atomic mass is 16.5. The van der Waals surface area contributed by atoms with Crippen LogP contribution in [0.5, 0.6) is 5.75 Å². The smallest absolute Gasteiger partial charge is 0.407 e. The quantitative estimate of drug-likeness (QED) is 0.330. The summed E-state index contributed by atoms with van der Waals surface area (Å²) in [7, 11) is 1.78. The molecule has 1 aliphatic carbocycles. The van der Waals surface area contributed by atoms with E-state index in [1.807, 2.05) is 48.5 Å². The number of carbonyl (C=O) groups is 2. The third-order valence-corrected chi connectivity index (χ3v) is 7.66. The molecule has 2 aromatic carbocycles. The lowest BCUT2D eigenvalue weighted by molar-refractivity contribution is -0.147. The van der Waals surface area contributed by atoms with Crippen LogP contribution in [0.25, 0.3) is 0 Å². The van der Waals surface area contributed by atoms with Gasteiger partial charge >= 0.3 is 12.1 Å². The zero-order valence-electron chi connectivity index (χ0n) is 21.2. The molecule has 1 N–H and O–H groups in total. The average Bonchev–Trinajstić information content (AvgIpc) is 2.88. The summed E-state index contributed by atoms with van der Waals surface area (Å²) >= 11 is 0. The Hall–Kier alpha value is -3.16. The van der Waals surface area contributed by atoms with Crippen molar-refractivity contribution in [3.8, 4) is 5.75 Å². The maximum Gasteiger partial charge on any atom is 0.407 e. The molecule has 1 aliphatic heterocycles. The van der Waals surface area contributed by atoms with Gasteiger partial charge in [-0.25, -0.2) is 4.79 Å². The Morgan fingerprint density at radius 3 is 2.69 bits per heavy atom. The fourth-order valence-corrected chi connectivity index (χ4v) is 6.01. The van der Waals surface area contributed by atoms with Crippen molar-refractivity contribution in [1.82, 2.24) is 10.2 Å². The van der Waals surface area contributed by atoms with Crippen LogP contribution >= 0.6 is 0 Å². The van der Waals surface area contributed by atoms with Crippen molar-refractivity contribution in [3.05, 3.63) is 78.4 Å². The van der Waals surface area contributed by atoms with Crippen LogP contribution in [0.15, 0.2) is 67.3 Å². The molecular formula is C29H36N2O5. The molecule has 192 valence electrons. The van der Waals surface area contributed by atoms with Crippen LogP contribution in [0.3, 0.4) is 0 Å². The molecule has 3 atom stereocenters. The summed E-state index contributed by atoms with van der Waals surface area (Å²) in [5, 5.41) is 3.11. The summed E-state index contributed by atoms with van der Waals surface area (Å²) < 4.78 is 17.3. The number of amides is 1. The number of hydrogen-bond acceptors (Lipinski definition) is 6. The van der Waals surface area contributed by atoms with E-state index in [2.05, 4.69) is 22.9 Å². The minimum absolute atomic E-state index is 0.0696. The number of alkyl carbamates (subject to hydrolysis) is 1. The molecule has 2 aromatic rings. The molecule has 1 heterocycles. The summed E-state index contributed by atoms with van der Waals surface area (Å²) in [6.45, 7) is 7.98. The largest absolute Gasteiger partial charge is 0.445 e. The van der Waals surface area contributed by atoms with E-state index in [9.17, 15) is 9.59 Å². The minimum Gasteiger partial charge on any atom is -0.445 e. The standard InChI is InChI=1S/C29H36N2O5/c1-4-16-31-17-15-28(24-11-8-12-26(18-24)36-22(2)32)19-25(13-14-29(28,21-31)34-3)30-27(33)35-20-23-9-6-5-7-10-23/h4-12,18,25H,1,13-17,19-21H2,2-3H3,(H,30,33)/t25-,28+,29+/m1/s1. The summed E-state index contributed by atoms with van der Waals surface area (Å²) in [6, 6.07) is 17.3. The van der Waals surface area contributed by atoms with Gasteiger partial charge in [0.05, 0.1) is 5.60 Å². The number of benzene rings is 2. The Bertz CT molecular complexity index is 1070. The SMILES string of the molecule is C=CCN1CC[C@@]2(c3cccc(OC(C)=O)c3)C[C@H](NC(=O)OCc3ccccc3)CC[C@]2(OC)C1. The molecule has 0 aromatic heterocycles. The maximum absolute atomic E-state index is 12.7. The van der Waals surface area contributed by atoms with Gasteiger partial charge in [0.25, 0.3) is 0 Å². The van der Waals surface area contributed by atoms with E-state index >= 15 is 0 Å². The van der Waals surface area contributed by atoms with Crippen molar-refractivity contribution in [2.75, 3.05) is 26.7 Å². The molecule has 0 radical (unpaired) electrons. The Kier molecular flexibility index (Phi) is 8.11. The van der Waals surface area contributed by atoms with Gasteiger partial charge in [0.1, 0.15) is 12.4 Å². The van der Waals surface area contributed by atoms with Crippen LogP contribution in [0.4, 0.5) is 4.79 Å². The first-order chi connectivity index (χ1) is 17.4. The number of likely N-dealkylation sites (tertiary alicyclic amines) is 1. The number of nitrogens with one attached hydrogen (secondary N) is 1. The van der Waals surface area contributed by atoms with Gasteiger partial charge in [-0.05, 0) is 55.5 Å². The Labute approximate surface area is 213 Å². The van der Waals surface area contributed by atoms with Crippen LogP contribution < -0.4 is 10.1 Å². The Balaban J connectivity index is 1.58. The lowest BCUT2D eigenvalue weighted by atomic mass is 9.55. The molecule has 2 aliphatic rings. The molecule has 0 unspecified atom stereocenters. The van der Waals surface area contributed by atoms with E-state index in [0.29, 0.717) is 12.2 Å². The summed E-state index contributed by atoms with van der Waals surface area (Å²) in [5.74, 6) is 0.165. The second kappa shape index (κ2) is 11.3. The molecule has 7 nitrogen and oxygen atoms in total. The number of methoxy groups -OCH3 is 1. The van der Waals surface area contributed by atoms with E-state index in [-0.39, 0.29) is 24.0 Å². The topological polar surface area (TPSA) is 77.1 Å². The van der Waals surface area contributed by atoms with Crippen LogP contribution in [-0.4, -0.2) is 55.3 Å². The molecule has 1 saturated carbocycles. The van der Waals surface area contributed by atoms with Crippen molar-refractivity contribution >= 4 is 12.1 Å². The monoisotopic (exact) mass is 492 g/mol. The lowest BCUT2D eigenvalue weighted by Crippen LogP contribution is -2.68. The van der Waals surface area contributed by atoms with E-state index in [4.69, 9.17) is 14.2 Å². The van der Waals surface area contributed by atoms with E-state index in [0.717, 1.165) is 50.0 Å². The molecule has 0 spiro atoms. The second-order valence-electron chi connectivity index (χ2n) is 9.82. The molecular weight excluding hydrogens is 456 g/mol. The van der Waals surface area contributed by atoms with Crippen molar-refractivity contribution in [2.45, 2.75) is 56.3 Å². The van der Waals surface area contributed by atoms with Gasteiger partial charge in [-0.15, -0.1) is 6.58 Å². The highest BCUT2D eigenvalue weighted by Crippen LogP contribution is 2.53. The molecule has 4 rings (SSSR count). The summed E-state index contributed by atoms with van der Waals surface area (Å²) in [4.78, 5) is 26.7.